The van der Waals surface area contributed by atoms with Crippen LogP contribution in [0.25, 0.3) is 0 Å². The maximum absolute atomic E-state index is 14.0. The first-order valence-corrected chi connectivity index (χ1v) is 13.3. The monoisotopic (exact) mass is 569 g/mol. The van der Waals surface area contributed by atoms with Gasteiger partial charge in [-0.1, -0.05) is 54.6 Å². The lowest BCUT2D eigenvalue weighted by molar-refractivity contribution is -0.122. The number of carbonyl (C=O) groups is 2. The number of hydrogen-bond acceptors (Lipinski definition) is 5. The van der Waals surface area contributed by atoms with E-state index in [9.17, 15) is 9.59 Å². The third kappa shape index (κ3) is 5.79. The standard InChI is InChI=1S/C31H35N3O3.2ClH/c1-3-34-28-16-9-8-15-27(28)31(30(34)36,25-12-6-5-7-13-25)17-18-32-19-21-33(22-20-32)26-14-10-11-24(23-26)29(35)37-4-2;;/h5-16,23H,3-4,17-22H2,1-2H3;2*1H. The van der Waals surface area contributed by atoms with Crippen LogP contribution in [0.15, 0.2) is 78.9 Å². The number of likely N-dealkylation sites (N-methyl/N-ethyl adjacent to an activating group) is 1. The molecule has 0 N–H and O–H groups in total. The van der Waals surface area contributed by atoms with Gasteiger partial charge in [0.15, 0.2) is 0 Å². The molecule has 2 heterocycles. The molecule has 3 aromatic carbocycles. The Morgan fingerprint density at radius 1 is 0.872 bits per heavy atom. The second kappa shape index (κ2) is 13.3. The summed E-state index contributed by atoms with van der Waals surface area (Å²) in [4.78, 5) is 32.9. The zero-order valence-corrected chi connectivity index (χ0v) is 24.2. The van der Waals surface area contributed by atoms with E-state index in [4.69, 9.17) is 4.74 Å². The molecule has 2 aliphatic rings. The topological polar surface area (TPSA) is 53.1 Å². The number of carbonyl (C=O) groups excluding carboxylic acids is 2. The Balaban J connectivity index is 0.00000210. The van der Waals surface area contributed by atoms with Gasteiger partial charge in [0.1, 0.15) is 5.41 Å². The number of esters is 1. The second-order valence-electron chi connectivity index (χ2n) is 9.69. The predicted molar refractivity (Wildman–Crippen MR) is 162 cm³/mol. The Morgan fingerprint density at radius 3 is 2.26 bits per heavy atom. The molecule has 8 heteroatoms. The molecule has 0 aliphatic carbocycles. The van der Waals surface area contributed by atoms with Crippen LogP contribution < -0.4 is 9.80 Å². The molecule has 3 aromatic rings. The van der Waals surface area contributed by atoms with Crippen LogP contribution in [0.5, 0.6) is 0 Å². The molecule has 6 nitrogen and oxygen atoms in total. The van der Waals surface area contributed by atoms with Gasteiger partial charge in [0.05, 0.1) is 12.2 Å². The Morgan fingerprint density at radius 2 is 1.56 bits per heavy atom. The third-order valence-corrected chi connectivity index (χ3v) is 7.75. The number of fused-ring (bicyclic) bond motifs is 1. The van der Waals surface area contributed by atoms with Crippen molar-refractivity contribution in [2.24, 2.45) is 0 Å². The van der Waals surface area contributed by atoms with Gasteiger partial charge in [-0.15, -0.1) is 24.8 Å². The molecule has 1 saturated heterocycles. The predicted octanol–water partition coefficient (Wildman–Crippen LogP) is 5.57. The fraction of sp³-hybridized carbons (Fsp3) is 0.355. The first kappa shape index (κ1) is 30.5. The summed E-state index contributed by atoms with van der Waals surface area (Å²) in [5, 5.41) is 0. The van der Waals surface area contributed by atoms with Gasteiger partial charge < -0.3 is 14.5 Å². The van der Waals surface area contributed by atoms with E-state index in [2.05, 4.69) is 40.1 Å². The van der Waals surface area contributed by atoms with Crippen LogP contribution in [0.3, 0.4) is 0 Å². The van der Waals surface area contributed by atoms with Crippen LogP contribution in [-0.2, 0) is 14.9 Å². The molecule has 1 unspecified atom stereocenters. The molecular formula is C31H37Cl2N3O3. The molecule has 1 amide bonds. The molecule has 0 radical (unpaired) electrons. The summed E-state index contributed by atoms with van der Waals surface area (Å²) in [7, 11) is 0. The lowest BCUT2D eigenvalue weighted by atomic mass is 9.72. The molecule has 0 aromatic heterocycles. The average Bonchev–Trinajstić information content (AvgIpc) is 3.20. The first-order chi connectivity index (χ1) is 18.1. The van der Waals surface area contributed by atoms with E-state index in [-0.39, 0.29) is 36.7 Å². The van der Waals surface area contributed by atoms with Crippen molar-refractivity contribution in [3.05, 3.63) is 95.6 Å². The second-order valence-corrected chi connectivity index (χ2v) is 9.69. The van der Waals surface area contributed by atoms with E-state index in [1.807, 2.05) is 61.2 Å². The highest BCUT2D eigenvalue weighted by atomic mass is 35.5. The highest BCUT2D eigenvalue weighted by molar-refractivity contribution is 6.10. The normalized spacial score (nSPS) is 18.7. The van der Waals surface area contributed by atoms with Crippen molar-refractivity contribution in [3.63, 3.8) is 0 Å². The summed E-state index contributed by atoms with van der Waals surface area (Å²) in [6.45, 7) is 9.29. The Kier molecular flexibility index (Phi) is 10.4. The van der Waals surface area contributed by atoms with Crippen molar-refractivity contribution in [1.82, 2.24) is 4.90 Å². The third-order valence-electron chi connectivity index (χ3n) is 7.75. The van der Waals surface area contributed by atoms with E-state index < -0.39 is 5.41 Å². The van der Waals surface area contributed by atoms with E-state index in [1.165, 1.54) is 0 Å². The molecule has 0 saturated carbocycles. The van der Waals surface area contributed by atoms with Crippen molar-refractivity contribution in [1.29, 1.82) is 0 Å². The number of para-hydroxylation sites is 1. The van der Waals surface area contributed by atoms with Gasteiger partial charge in [0, 0.05) is 44.1 Å². The van der Waals surface area contributed by atoms with Crippen LogP contribution >= 0.6 is 24.8 Å². The van der Waals surface area contributed by atoms with Gasteiger partial charge in [0.25, 0.3) is 0 Å². The molecule has 2 aliphatic heterocycles. The molecule has 0 spiro atoms. The van der Waals surface area contributed by atoms with Crippen molar-refractivity contribution >= 4 is 48.1 Å². The van der Waals surface area contributed by atoms with E-state index >= 15 is 0 Å². The number of benzene rings is 3. The zero-order valence-electron chi connectivity index (χ0n) is 22.5. The number of hydrogen-bond donors (Lipinski definition) is 0. The minimum atomic E-state index is -0.668. The zero-order chi connectivity index (χ0) is 25.8. The van der Waals surface area contributed by atoms with E-state index in [0.717, 1.165) is 61.6 Å². The van der Waals surface area contributed by atoms with E-state index in [1.54, 1.807) is 6.07 Å². The number of anilines is 2. The number of rotatable bonds is 8. The molecule has 39 heavy (non-hydrogen) atoms. The van der Waals surface area contributed by atoms with Crippen molar-refractivity contribution in [2.75, 3.05) is 55.7 Å². The summed E-state index contributed by atoms with van der Waals surface area (Å²) >= 11 is 0. The molecule has 1 fully saturated rings. The van der Waals surface area contributed by atoms with Crippen molar-refractivity contribution in [2.45, 2.75) is 25.7 Å². The van der Waals surface area contributed by atoms with Crippen LogP contribution in [0, 0.1) is 0 Å². The lowest BCUT2D eigenvalue weighted by Gasteiger charge is -2.38. The van der Waals surface area contributed by atoms with E-state index in [0.29, 0.717) is 18.7 Å². The fourth-order valence-electron chi connectivity index (χ4n) is 5.83. The molecule has 1 atom stereocenters. The van der Waals surface area contributed by atoms with Gasteiger partial charge in [-0.05, 0) is 62.2 Å². The van der Waals surface area contributed by atoms with Crippen LogP contribution in [-0.4, -0.2) is 62.7 Å². The molecular weight excluding hydrogens is 533 g/mol. The van der Waals surface area contributed by atoms with Crippen molar-refractivity contribution in [3.8, 4) is 0 Å². The Labute approximate surface area is 243 Å². The number of piperazine rings is 1. The highest BCUT2D eigenvalue weighted by Crippen LogP contribution is 2.48. The summed E-state index contributed by atoms with van der Waals surface area (Å²) in [5.74, 6) is -0.103. The summed E-state index contributed by atoms with van der Waals surface area (Å²) < 4.78 is 5.17. The van der Waals surface area contributed by atoms with Crippen LogP contribution in [0.1, 0.15) is 41.8 Å². The summed E-state index contributed by atoms with van der Waals surface area (Å²) in [5.41, 5.74) is 4.18. The Bertz CT molecular complexity index is 1260. The molecule has 0 bridgehead atoms. The number of nitrogens with zero attached hydrogens (tertiary/aromatic N) is 3. The minimum Gasteiger partial charge on any atom is -0.462 e. The summed E-state index contributed by atoms with van der Waals surface area (Å²) in [6.07, 6.45) is 0.738. The lowest BCUT2D eigenvalue weighted by Crippen LogP contribution is -2.49. The first-order valence-electron chi connectivity index (χ1n) is 13.3. The van der Waals surface area contributed by atoms with Crippen LogP contribution in [0.4, 0.5) is 11.4 Å². The highest BCUT2D eigenvalue weighted by Gasteiger charge is 2.51. The average molecular weight is 571 g/mol. The quantitative estimate of drug-likeness (QED) is 0.332. The minimum absolute atomic E-state index is 0. The molecule has 5 rings (SSSR count). The smallest absolute Gasteiger partial charge is 0.338 e. The van der Waals surface area contributed by atoms with Gasteiger partial charge in [-0.2, -0.15) is 0 Å². The SMILES string of the molecule is CCOC(=O)c1cccc(N2CCN(CCC3(c4ccccc4)C(=O)N(CC)c4ccccc43)CC2)c1.Cl.Cl. The van der Waals surface area contributed by atoms with Gasteiger partial charge in [-0.25, -0.2) is 4.79 Å². The fourth-order valence-corrected chi connectivity index (χ4v) is 5.83. The Hall–Kier alpha value is -3.06. The summed E-state index contributed by atoms with van der Waals surface area (Å²) in [6, 6.07) is 26.2. The molecule has 208 valence electrons. The van der Waals surface area contributed by atoms with Crippen molar-refractivity contribution < 1.29 is 14.3 Å². The van der Waals surface area contributed by atoms with Gasteiger partial charge >= 0.3 is 5.97 Å². The number of amides is 1. The van der Waals surface area contributed by atoms with Crippen LogP contribution in [0.2, 0.25) is 0 Å². The number of halogens is 2. The number of ether oxygens (including phenoxy) is 1. The largest absolute Gasteiger partial charge is 0.462 e. The maximum Gasteiger partial charge on any atom is 0.338 e. The van der Waals surface area contributed by atoms with Gasteiger partial charge in [0.2, 0.25) is 5.91 Å². The van der Waals surface area contributed by atoms with Gasteiger partial charge in [-0.3, -0.25) is 9.69 Å². The maximum atomic E-state index is 14.0.